The van der Waals surface area contributed by atoms with Gasteiger partial charge in [0, 0.05) is 6.42 Å². The number of para-hydroxylation sites is 2. The van der Waals surface area contributed by atoms with Gasteiger partial charge >= 0.3 is 0 Å². The third-order valence-electron chi connectivity index (χ3n) is 3.67. The predicted molar refractivity (Wildman–Crippen MR) is 107 cm³/mol. The van der Waals surface area contributed by atoms with Crippen LogP contribution in [0.4, 0.5) is 11.4 Å². The fraction of sp³-hybridized carbons (Fsp3) is 0.111. The van der Waals surface area contributed by atoms with E-state index in [9.17, 15) is 9.59 Å². The van der Waals surface area contributed by atoms with Gasteiger partial charge in [0.2, 0.25) is 11.8 Å². The van der Waals surface area contributed by atoms with Crippen molar-refractivity contribution in [3.05, 3.63) is 58.6 Å². The van der Waals surface area contributed by atoms with Crippen molar-refractivity contribution in [3.8, 4) is 6.19 Å². The summed E-state index contributed by atoms with van der Waals surface area (Å²) in [6, 6.07) is 13.7. The number of nitrogens with one attached hydrogen (secondary N) is 1. The molecule has 0 saturated carbocycles. The number of amidine groups is 1. The van der Waals surface area contributed by atoms with Crippen molar-refractivity contribution >= 4 is 63.3 Å². The number of carbonyl (C=O) groups excluding carboxylic acids is 2. The molecule has 2 aromatic rings. The van der Waals surface area contributed by atoms with Crippen LogP contribution in [-0.4, -0.2) is 22.2 Å². The highest BCUT2D eigenvalue weighted by molar-refractivity contribution is 8.15. The zero-order chi connectivity index (χ0) is 19.4. The lowest BCUT2D eigenvalue weighted by Crippen LogP contribution is -2.32. The third-order valence-corrected chi connectivity index (χ3v) is 5.35. The van der Waals surface area contributed by atoms with Gasteiger partial charge in [0.25, 0.3) is 0 Å². The molecule has 2 aromatic carbocycles. The molecule has 0 bridgehead atoms. The van der Waals surface area contributed by atoms with E-state index in [0.717, 1.165) is 16.7 Å². The van der Waals surface area contributed by atoms with E-state index in [1.54, 1.807) is 48.7 Å². The summed E-state index contributed by atoms with van der Waals surface area (Å²) in [4.78, 5) is 30.6. The van der Waals surface area contributed by atoms with Gasteiger partial charge in [0.1, 0.15) is 5.25 Å². The largest absolute Gasteiger partial charge is 0.274 e. The van der Waals surface area contributed by atoms with Crippen molar-refractivity contribution in [2.45, 2.75) is 11.7 Å². The van der Waals surface area contributed by atoms with Crippen LogP contribution in [-0.2, 0) is 9.59 Å². The number of halogens is 2. The van der Waals surface area contributed by atoms with Gasteiger partial charge in [-0.15, -0.1) is 0 Å². The van der Waals surface area contributed by atoms with E-state index >= 15 is 0 Å². The molecule has 9 heteroatoms. The average Bonchev–Trinajstić information content (AvgIpc) is 2.90. The number of nitriles is 1. The van der Waals surface area contributed by atoms with Crippen molar-refractivity contribution in [1.82, 2.24) is 5.32 Å². The molecule has 1 aliphatic rings. The van der Waals surface area contributed by atoms with Gasteiger partial charge in [-0.05, 0) is 24.3 Å². The second-order valence-electron chi connectivity index (χ2n) is 5.44. The van der Waals surface area contributed by atoms with Crippen LogP contribution in [0.3, 0.4) is 0 Å². The number of anilines is 1. The minimum Gasteiger partial charge on any atom is -0.274 e. The number of rotatable bonds is 3. The number of thioether (sulfide) groups is 1. The van der Waals surface area contributed by atoms with Gasteiger partial charge in [0.05, 0.1) is 21.4 Å². The zero-order valence-corrected chi connectivity index (χ0v) is 16.1. The van der Waals surface area contributed by atoms with Gasteiger partial charge in [-0.3, -0.25) is 14.9 Å². The van der Waals surface area contributed by atoms with E-state index in [4.69, 9.17) is 28.5 Å². The summed E-state index contributed by atoms with van der Waals surface area (Å²) in [6.45, 7) is 0. The Kier molecular flexibility index (Phi) is 6.01. The maximum Gasteiger partial charge on any atom is 0.247 e. The fourth-order valence-corrected chi connectivity index (χ4v) is 4.05. The van der Waals surface area contributed by atoms with Crippen LogP contribution in [0.5, 0.6) is 0 Å². The quantitative estimate of drug-likeness (QED) is 0.266. The Morgan fingerprint density at radius 3 is 2.44 bits per heavy atom. The molecule has 0 spiro atoms. The summed E-state index contributed by atoms with van der Waals surface area (Å²) in [6.07, 6.45) is 1.75. The van der Waals surface area contributed by atoms with E-state index in [2.05, 4.69) is 10.3 Å². The number of nitrogens with zero attached hydrogens (tertiary/aromatic N) is 3. The second-order valence-corrected chi connectivity index (χ2v) is 7.44. The summed E-state index contributed by atoms with van der Waals surface area (Å²) < 4.78 is 0. The van der Waals surface area contributed by atoms with Gasteiger partial charge in [-0.2, -0.15) is 5.26 Å². The summed E-state index contributed by atoms with van der Waals surface area (Å²) in [5, 5.41) is 11.3. The topological polar surface area (TPSA) is 85.6 Å². The summed E-state index contributed by atoms with van der Waals surface area (Å²) in [7, 11) is 0. The van der Waals surface area contributed by atoms with Crippen LogP contribution < -0.4 is 10.2 Å². The summed E-state index contributed by atoms with van der Waals surface area (Å²) in [5.74, 6) is -0.871. The first-order valence-corrected chi connectivity index (χ1v) is 9.41. The number of imide groups is 1. The molecule has 1 N–H and O–H groups in total. The lowest BCUT2D eigenvalue weighted by Gasteiger charge is -2.17. The van der Waals surface area contributed by atoms with Crippen molar-refractivity contribution in [1.29, 1.82) is 5.26 Å². The second kappa shape index (κ2) is 8.44. The molecular weight excluding hydrogens is 407 g/mol. The van der Waals surface area contributed by atoms with Gasteiger partial charge in [0.15, 0.2) is 11.4 Å². The van der Waals surface area contributed by atoms with Crippen LogP contribution in [0.25, 0.3) is 0 Å². The summed E-state index contributed by atoms with van der Waals surface area (Å²) >= 11 is 13.3. The van der Waals surface area contributed by atoms with Crippen LogP contribution in [0.2, 0.25) is 10.0 Å². The Labute approximate surface area is 169 Å². The van der Waals surface area contributed by atoms with Crippen molar-refractivity contribution in [2.24, 2.45) is 4.99 Å². The van der Waals surface area contributed by atoms with E-state index in [1.807, 2.05) is 6.07 Å². The number of carbonyl (C=O) groups is 2. The Hall–Kier alpha value is -2.53. The highest BCUT2D eigenvalue weighted by atomic mass is 35.5. The fourth-order valence-electron chi connectivity index (χ4n) is 2.52. The highest BCUT2D eigenvalue weighted by Crippen LogP contribution is 2.38. The molecule has 0 aromatic heterocycles. The molecule has 1 fully saturated rings. The number of benzene rings is 2. The van der Waals surface area contributed by atoms with Crippen molar-refractivity contribution in [3.63, 3.8) is 0 Å². The van der Waals surface area contributed by atoms with E-state index in [0.29, 0.717) is 5.69 Å². The number of aliphatic imine (C=N–C) groups is 1. The molecule has 0 aliphatic carbocycles. The monoisotopic (exact) mass is 418 g/mol. The van der Waals surface area contributed by atoms with Crippen LogP contribution in [0, 0.1) is 11.5 Å². The zero-order valence-electron chi connectivity index (χ0n) is 13.7. The standard InChI is InChI=1S/C18H12Cl2N4O2S/c19-12-7-4-8-13(20)16(12)24-15(25)9-14(17(24)26)27-18(22-10-21)23-11-5-2-1-3-6-11/h1-8,14H,9H2,(H,22,23)/t14-/m1/s1. The maximum atomic E-state index is 12.8. The molecule has 6 nitrogen and oxygen atoms in total. The Balaban J connectivity index is 1.86. The average molecular weight is 419 g/mol. The molecule has 1 aliphatic heterocycles. The molecule has 2 amide bonds. The maximum absolute atomic E-state index is 12.8. The molecular formula is C18H12Cl2N4O2S. The van der Waals surface area contributed by atoms with Crippen LogP contribution >= 0.6 is 35.0 Å². The highest BCUT2D eigenvalue weighted by Gasteiger charge is 2.42. The van der Waals surface area contributed by atoms with Gasteiger partial charge in [-0.25, -0.2) is 9.89 Å². The van der Waals surface area contributed by atoms with Gasteiger partial charge in [-0.1, -0.05) is 59.2 Å². The first kappa shape index (κ1) is 19.2. The molecule has 0 radical (unpaired) electrons. The minimum absolute atomic E-state index is 0.0496. The van der Waals surface area contributed by atoms with Gasteiger partial charge < -0.3 is 0 Å². The Morgan fingerprint density at radius 1 is 1.15 bits per heavy atom. The molecule has 1 heterocycles. The van der Waals surface area contributed by atoms with E-state index < -0.39 is 17.1 Å². The number of hydrogen-bond acceptors (Lipinski definition) is 5. The molecule has 3 rings (SSSR count). The predicted octanol–water partition coefficient (Wildman–Crippen LogP) is 4.12. The van der Waals surface area contributed by atoms with E-state index in [1.165, 1.54) is 0 Å². The minimum atomic E-state index is -0.742. The normalized spacial score (nSPS) is 17.1. The first-order chi connectivity index (χ1) is 13.0. The van der Waals surface area contributed by atoms with E-state index in [-0.39, 0.29) is 27.3 Å². The smallest absolute Gasteiger partial charge is 0.247 e. The van der Waals surface area contributed by atoms with Crippen molar-refractivity contribution < 1.29 is 9.59 Å². The molecule has 1 atom stereocenters. The third kappa shape index (κ3) is 4.25. The summed E-state index contributed by atoms with van der Waals surface area (Å²) in [5.41, 5.74) is 0.791. The molecule has 136 valence electrons. The number of amides is 2. The Bertz CT molecular complexity index is 939. The molecule has 1 saturated heterocycles. The lowest BCUT2D eigenvalue weighted by atomic mass is 10.3. The molecule has 0 unspecified atom stereocenters. The number of hydrogen-bond donors (Lipinski definition) is 1. The Morgan fingerprint density at radius 2 is 1.81 bits per heavy atom. The SMILES string of the molecule is N#CNC(=Nc1ccccc1)S[C@@H]1CC(=O)N(c2c(Cl)cccc2Cl)C1=O. The van der Waals surface area contributed by atoms with Crippen LogP contribution in [0.1, 0.15) is 6.42 Å². The van der Waals surface area contributed by atoms with Crippen molar-refractivity contribution in [2.75, 3.05) is 4.90 Å². The van der Waals surface area contributed by atoms with Crippen LogP contribution in [0.15, 0.2) is 53.5 Å². The first-order valence-electron chi connectivity index (χ1n) is 7.77. The molecule has 27 heavy (non-hydrogen) atoms. The lowest BCUT2D eigenvalue weighted by molar-refractivity contribution is -0.121.